The van der Waals surface area contributed by atoms with Crippen LogP contribution in [0.5, 0.6) is 5.75 Å². The Morgan fingerprint density at radius 2 is 1.95 bits per heavy atom. The summed E-state index contributed by atoms with van der Waals surface area (Å²) in [6.45, 7) is 7.77. The number of benzene rings is 1. The van der Waals surface area contributed by atoms with Gasteiger partial charge in [0, 0.05) is 11.6 Å². The maximum absolute atomic E-state index is 11.4. The molecule has 1 N–H and O–H groups in total. The van der Waals surface area contributed by atoms with Gasteiger partial charge >= 0.3 is 5.97 Å². The number of nitrogens with zero attached hydrogens (tertiary/aromatic N) is 2. The number of aromatic nitrogens is 2. The van der Waals surface area contributed by atoms with Gasteiger partial charge in [0.1, 0.15) is 11.4 Å². The van der Waals surface area contributed by atoms with Gasteiger partial charge in [-0.2, -0.15) is 5.10 Å². The highest BCUT2D eigenvalue weighted by Crippen LogP contribution is 2.34. The molecular weight excluding hydrogens is 268 g/mol. The van der Waals surface area contributed by atoms with Crippen molar-refractivity contribution in [3.63, 3.8) is 0 Å². The predicted molar refractivity (Wildman–Crippen MR) is 81.0 cm³/mol. The largest absolute Gasteiger partial charge is 0.496 e. The van der Waals surface area contributed by atoms with Crippen molar-refractivity contribution in [1.29, 1.82) is 0 Å². The number of carbonyl (C=O) groups is 1. The average Bonchev–Trinajstić information content (AvgIpc) is 2.83. The average molecular weight is 288 g/mol. The van der Waals surface area contributed by atoms with Crippen LogP contribution in [0.3, 0.4) is 0 Å². The van der Waals surface area contributed by atoms with Crippen molar-refractivity contribution in [1.82, 2.24) is 9.78 Å². The minimum Gasteiger partial charge on any atom is -0.496 e. The Hall–Kier alpha value is -2.30. The molecule has 1 aromatic heterocycles. The summed E-state index contributed by atoms with van der Waals surface area (Å²) < 4.78 is 6.98. The molecule has 0 saturated heterocycles. The zero-order valence-electron chi connectivity index (χ0n) is 13.0. The lowest BCUT2D eigenvalue weighted by Gasteiger charge is -2.11. The second kappa shape index (κ2) is 5.60. The molecule has 0 spiro atoms. The van der Waals surface area contributed by atoms with Crippen LogP contribution in [0.15, 0.2) is 18.2 Å². The van der Waals surface area contributed by atoms with Crippen LogP contribution < -0.4 is 4.74 Å². The first-order chi connectivity index (χ1) is 9.85. The van der Waals surface area contributed by atoms with Crippen molar-refractivity contribution in [2.75, 3.05) is 7.11 Å². The third-order valence-corrected chi connectivity index (χ3v) is 3.34. The quantitative estimate of drug-likeness (QED) is 0.935. The monoisotopic (exact) mass is 288 g/mol. The molecule has 5 heteroatoms. The van der Waals surface area contributed by atoms with Crippen LogP contribution in [0, 0.1) is 13.8 Å². The van der Waals surface area contributed by atoms with Gasteiger partial charge in [0.2, 0.25) is 0 Å². The molecule has 1 aromatic carbocycles. The normalized spacial score (nSPS) is 11.0. The Balaban J connectivity index is 2.68. The smallest absolute Gasteiger partial charge is 0.354 e. The van der Waals surface area contributed by atoms with Gasteiger partial charge in [-0.1, -0.05) is 6.07 Å². The molecule has 0 aliphatic heterocycles. The molecule has 0 bridgehead atoms. The number of aromatic carboxylic acids is 1. The van der Waals surface area contributed by atoms with E-state index in [0.717, 1.165) is 22.4 Å². The first-order valence-corrected chi connectivity index (χ1v) is 6.83. The van der Waals surface area contributed by atoms with E-state index in [0.29, 0.717) is 5.69 Å². The van der Waals surface area contributed by atoms with Crippen molar-refractivity contribution in [2.24, 2.45) is 0 Å². The van der Waals surface area contributed by atoms with Gasteiger partial charge in [-0.15, -0.1) is 0 Å². The van der Waals surface area contributed by atoms with Gasteiger partial charge in [0.15, 0.2) is 0 Å². The van der Waals surface area contributed by atoms with E-state index in [1.54, 1.807) is 13.2 Å². The first kappa shape index (κ1) is 15.1. The highest BCUT2D eigenvalue weighted by Gasteiger charge is 2.20. The summed E-state index contributed by atoms with van der Waals surface area (Å²) in [6, 6.07) is 5.56. The van der Waals surface area contributed by atoms with Crippen molar-refractivity contribution in [2.45, 2.75) is 33.7 Å². The SMILES string of the molecule is COc1c(C)cc(C)cc1-c1cc(C(=O)O)n(C(C)C)n1. The molecule has 2 aromatic rings. The van der Waals surface area contributed by atoms with Gasteiger partial charge in [0.05, 0.1) is 12.8 Å². The molecule has 21 heavy (non-hydrogen) atoms. The summed E-state index contributed by atoms with van der Waals surface area (Å²) >= 11 is 0. The molecule has 0 amide bonds. The molecule has 0 atom stereocenters. The molecule has 0 aliphatic carbocycles. The van der Waals surface area contributed by atoms with E-state index in [1.807, 2.05) is 39.8 Å². The van der Waals surface area contributed by atoms with Gasteiger partial charge in [0.25, 0.3) is 0 Å². The molecule has 1 heterocycles. The Morgan fingerprint density at radius 1 is 1.29 bits per heavy atom. The lowest BCUT2D eigenvalue weighted by molar-refractivity contribution is 0.0681. The third-order valence-electron chi connectivity index (χ3n) is 3.34. The number of rotatable bonds is 4. The fraction of sp³-hybridized carbons (Fsp3) is 0.375. The predicted octanol–water partition coefficient (Wildman–Crippen LogP) is 3.45. The number of carboxylic acids is 1. The van der Waals surface area contributed by atoms with Crippen LogP contribution in [0.25, 0.3) is 11.3 Å². The first-order valence-electron chi connectivity index (χ1n) is 6.83. The summed E-state index contributed by atoms with van der Waals surface area (Å²) in [6.07, 6.45) is 0. The summed E-state index contributed by atoms with van der Waals surface area (Å²) in [4.78, 5) is 11.4. The van der Waals surface area contributed by atoms with Crippen molar-refractivity contribution in [3.05, 3.63) is 35.0 Å². The number of carboxylic acid groups (broad SMARTS) is 1. The number of hydrogen-bond acceptors (Lipinski definition) is 3. The van der Waals surface area contributed by atoms with Crippen molar-refractivity contribution < 1.29 is 14.6 Å². The molecule has 5 nitrogen and oxygen atoms in total. The lowest BCUT2D eigenvalue weighted by atomic mass is 10.0. The number of methoxy groups -OCH3 is 1. The maximum Gasteiger partial charge on any atom is 0.354 e. The highest BCUT2D eigenvalue weighted by molar-refractivity contribution is 5.88. The van der Waals surface area contributed by atoms with Crippen LogP contribution in [0.2, 0.25) is 0 Å². The molecule has 0 unspecified atom stereocenters. The molecule has 0 saturated carbocycles. The number of hydrogen-bond donors (Lipinski definition) is 1. The van der Waals surface area contributed by atoms with E-state index in [-0.39, 0.29) is 11.7 Å². The van der Waals surface area contributed by atoms with Gasteiger partial charge < -0.3 is 9.84 Å². The minimum atomic E-state index is -0.981. The van der Waals surface area contributed by atoms with E-state index in [4.69, 9.17) is 4.74 Å². The summed E-state index contributed by atoms with van der Waals surface area (Å²) in [5.41, 5.74) is 3.70. The van der Waals surface area contributed by atoms with Crippen LogP contribution in [-0.4, -0.2) is 28.0 Å². The summed E-state index contributed by atoms with van der Waals surface area (Å²) in [5, 5.41) is 13.8. The maximum atomic E-state index is 11.4. The lowest BCUT2D eigenvalue weighted by Crippen LogP contribution is -2.11. The van der Waals surface area contributed by atoms with Crippen molar-refractivity contribution in [3.8, 4) is 17.0 Å². The van der Waals surface area contributed by atoms with E-state index in [1.165, 1.54) is 4.68 Å². The molecule has 0 radical (unpaired) electrons. The molecule has 2 rings (SSSR count). The molecule has 0 fully saturated rings. The summed E-state index contributed by atoms with van der Waals surface area (Å²) in [7, 11) is 1.61. The second-order valence-electron chi connectivity index (χ2n) is 5.42. The number of ether oxygens (including phenoxy) is 1. The second-order valence-corrected chi connectivity index (χ2v) is 5.42. The fourth-order valence-electron chi connectivity index (χ4n) is 2.49. The van der Waals surface area contributed by atoms with E-state index in [2.05, 4.69) is 5.10 Å². The van der Waals surface area contributed by atoms with Crippen molar-refractivity contribution >= 4 is 5.97 Å². The van der Waals surface area contributed by atoms with Gasteiger partial charge in [-0.3, -0.25) is 4.68 Å². The topological polar surface area (TPSA) is 64.3 Å². The zero-order valence-corrected chi connectivity index (χ0v) is 13.0. The zero-order chi connectivity index (χ0) is 15.7. The van der Waals surface area contributed by atoms with Crippen LogP contribution >= 0.6 is 0 Å². The van der Waals surface area contributed by atoms with E-state index < -0.39 is 5.97 Å². The van der Waals surface area contributed by atoms with Gasteiger partial charge in [-0.25, -0.2) is 4.79 Å². The fourth-order valence-corrected chi connectivity index (χ4v) is 2.49. The highest BCUT2D eigenvalue weighted by atomic mass is 16.5. The molecule has 112 valence electrons. The Kier molecular flexibility index (Phi) is 4.02. The van der Waals surface area contributed by atoms with E-state index >= 15 is 0 Å². The molecule has 0 aliphatic rings. The molecular formula is C16H20N2O3. The Bertz CT molecular complexity index is 687. The minimum absolute atomic E-state index is 0.0262. The summed E-state index contributed by atoms with van der Waals surface area (Å²) in [5.74, 6) is -0.253. The van der Waals surface area contributed by atoms with Crippen LogP contribution in [0.4, 0.5) is 0 Å². The van der Waals surface area contributed by atoms with Crippen LogP contribution in [0.1, 0.15) is 41.5 Å². The third kappa shape index (κ3) is 2.77. The Morgan fingerprint density at radius 3 is 2.43 bits per heavy atom. The van der Waals surface area contributed by atoms with E-state index in [9.17, 15) is 9.90 Å². The van der Waals surface area contributed by atoms with Gasteiger partial charge in [-0.05, 0) is 51.0 Å². The van der Waals surface area contributed by atoms with Crippen LogP contribution in [-0.2, 0) is 0 Å². The Labute approximate surface area is 124 Å². The standard InChI is InChI=1S/C16H20N2O3/c1-9(2)18-14(16(19)20)8-13(17-18)12-7-10(3)6-11(4)15(12)21-5/h6-9H,1-5H3,(H,19,20). The number of aryl methyl sites for hydroxylation is 2.